The molecule has 1 aromatic rings. The molecule has 1 unspecified atom stereocenters. The molecule has 3 aliphatic carbocycles. The van der Waals surface area contributed by atoms with E-state index in [0.29, 0.717) is 29.7 Å². The Morgan fingerprint density at radius 3 is 2.62 bits per heavy atom. The number of carbonyl (C=O) groups is 1. The lowest BCUT2D eigenvalue weighted by Gasteiger charge is -2.62. The molecular formula is C29H48N4O4. The second kappa shape index (κ2) is 11.7. The van der Waals surface area contributed by atoms with Crippen molar-refractivity contribution in [2.45, 2.75) is 77.9 Å². The van der Waals surface area contributed by atoms with E-state index in [0.717, 1.165) is 31.6 Å². The minimum absolute atomic E-state index is 0.112. The van der Waals surface area contributed by atoms with E-state index in [2.05, 4.69) is 62.5 Å². The maximum atomic E-state index is 13.8. The summed E-state index contributed by atoms with van der Waals surface area (Å²) in [6.07, 6.45) is 0.835. The van der Waals surface area contributed by atoms with Gasteiger partial charge in [0.15, 0.2) is 0 Å². The van der Waals surface area contributed by atoms with Crippen LogP contribution < -0.4 is 10.6 Å². The summed E-state index contributed by atoms with van der Waals surface area (Å²) in [5, 5.41) is 29.1. The van der Waals surface area contributed by atoms with Gasteiger partial charge in [-0.25, -0.2) is 0 Å². The van der Waals surface area contributed by atoms with Crippen LogP contribution in [-0.4, -0.2) is 84.2 Å². The summed E-state index contributed by atoms with van der Waals surface area (Å²) >= 11 is 0. The Bertz CT molecular complexity index is 923. The fourth-order valence-corrected chi connectivity index (χ4v) is 7.04. The van der Waals surface area contributed by atoms with Crippen molar-refractivity contribution in [2.75, 3.05) is 33.8 Å². The first kappa shape index (κ1) is 28.5. The van der Waals surface area contributed by atoms with Crippen LogP contribution in [-0.2, 0) is 22.7 Å². The number of benzene rings is 1. The largest absolute Gasteiger partial charge is 0.394 e. The standard InChI is InChI=1S/C29H48N4O4/c1-18-23-13-22(29(23,3)4)14-24(18)31-28(36)27-26(19(2)35)25(17-34)37-33(27)16-21-9-7-8-20(12-21)15-30-10-11-32(5)6/h7-9,12,18-19,22-27,30,34-35H,10-11,13-17H2,1-6H3,(H,31,36)/t18-,19-,22+,23-,24-,25?,26+,27-/m0/s1. The zero-order valence-electron chi connectivity index (χ0n) is 23.5. The third-order valence-electron chi connectivity index (χ3n) is 9.46. The number of carbonyl (C=O) groups excluding carboxylic acids is 1. The molecular weight excluding hydrogens is 468 g/mol. The van der Waals surface area contributed by atoms with Gasteiger partial charge in [-0.1, -0.05) is 45.0 Å². The summed E-state index contributed by atoms with van der Waals surface area (Å²) in [7, 11) is 4.12. The molecule has 0 spiro atoms. The van der Waals surface area contributed by atoms with E-state index in [1.54, 1.807) is 12.0 Å². The van der Waals surface area contributed by atoms with Gasteiger partial charge >= 0.3 is 0 Å². The Kier molecular flexibility index (Phi) is 8.98. The lowest BCUT2D eigenvalue weighted by molar-refractivity contribution is -0.183. The number of rotatable bonds is 11. The molecule has 2 bridgehead atoms. The van der Waals surface area contributed by atoms with E-state index in [1.165, 1.54) is 12.0 Å². The number of aliphatic hydroxyl groups excluding tert-OH is 2. The maximum Gasteiger partial charge on any atom is 0.240 e. The number of hydrogen-bond donors (Lipinski definition) is 4. The molecule has 8 nitrogen and oxygen atoms in total. The molecule has 4 fully saturated rings. The van der Waals surface area contributed by atoms with E-state index in [1.807, 2.05) is 12.1 Å². The Morgan fingerprint density at radius 2 is 2.00 bits per heavy atom. The van der Waals surface area contributed by atoms with Crippen molar-refractivity contribution in [3.8, 4) is 0 Å². The Labute approximate surface area is 222 Å². The molecule has 1 aliphatic heterocycles. The summed E-state index contributed by atoms with van der Waals surface area (Å²) < 4.78 is 0. The smallest absolute Gasteiger partial charge is 0.240 e. The highest BCUT2D eigenvalue weighted by molar-refractivity contribution is 5.82. The molecule has 5 rings (SSSR count). The molecule has 37 heavy (non-hydrogen) atoms. The molecule has 4 N–H and O–H groups in total. The van der Waals surface area contributed by atoms with Crippen LogP contribution in [0.2, 0.25) is 0 Å². The molecule has 0 aromatic heterocycles. The molecule has 208 valence electrons. The van der Waals surface area contributed by atoms with Gasteiger partial charge in [0.2, 0.25) is 5.91 Å². The fraction of sp³-hybridized carbons (Fsp3) is 0.759. The van der Waals surface area contributed by atoms with Crippen LogP contribution >= 0.6 is 0 Å². The van der Waals surface area contributed by atoms with E-state index in [4.69, 9.17) is 4.84 Å². The molecule has 8 heteroatoms. The second-order valence-electron chi connectivity index (χ2n) is 12.5. The normalized spacial score (nSPS) is 33.8. The quantitative estimate of drug-likeness (QED) is 0.334. The molecule has 8 atom stereocenters. The van der Waals surface area contributed by atoms with Crippen molar-refractivity contribution in [3.05, 3.63) is 35.4 Å². The number of likely N-dealkylation sites (N-methyl/N-ethyl adjacent to an activating group) is 1. The molecule has 1 amide bonds. The fourth-order valence-electron chi connectivity index (χ4n) is 7.04. The van der Waals surface area contributed by atoms with Crippen molar-refractivity contribution in [1.82, 2.24) is 20.6 Å². The summed E-state index contributed by atoms with van der Waals surface area (Å²) in [6.45, 7) is 11.5. The average molecular weight is 517 g/mol. The number of hydrogen-bond acceptors (Lipinski definition) is 7. The SMILES string of the molecule is C[C@@H]1[C@@H](NC(=O)[C@@H]2[C@H]([C@H](C)O)C(CO)ON2Cc2cccc(CNCCN(C)C)c2)C[C@H]2C[C@@H]1C2(C)C. The zero-order chi connectivity index (χ0) is 26.9. The van der Waals surface area contributed by atoms with Crippen molar-refractivity contribution in [2.24, 2.45) is 29.1 Å². The molecule has 4 aliphatic rings. The number of nitrogens with one attached hydrogen (secondary N) is 2. The molecule has 1 saturated heterocycles. The molecule has 1 aromatic carbocycles. The average Bonchev–Trinajstić information content (AvgIpc) is 3.21. The highest BCUT2D eigenvalue weighted by atomic mass is 16.7. The first-order chi connectivity index (χ1) is 17.5. The minimum Gasteiger partial charge on any atom is -0.394 e. The predicted molar refractivity (Wildman–Crippen MR) is 144 cm³/mol. The third-order valence-corrected chi connectivity index (χ3v) is 9.46. The van der Waals surface area contributed by atoms with Gasteiger partial charge in [0.05, 0.1) is 19.3 Å². The second-order valence-corrected chi connectivity index (χ2v) is 12.5. The molecule has 0 radical (unpaired) electrons. The maximum absolute atomic E-state index is 13.8. The van der Waals surface area contributed by atoms with E-state index in [-0.39, 0.29) is 18.6 Å². The van der Waals surface area contributed by atoms with Crippen LogP contribution in [0, 0.1) is 29.1 Å². The van der Waals surface area contributed by atoms with Crippen LogP contribution in [0.4, 0.5) is 0 Å². The Morgan fingerprint density at radius 1 is 1.27 bits per heavy atom. The summed E-state index contributed by atoms with van der Waals surface area (Å²) in [5.41, 5.74) is 2.54. The first-order valence-electron chi connectivity index (χ1n) is 14.0. The third kappa shape index (κ3) is 6.05. The highest BCUT2D eigenvalue weighted by Gasteiger charge is 2.57. The molecule has 1 heterocycles. The van der Waals surface area contributed by atoms with Gasteiger partial charge in [0.25, 0.3) is 0 Å². The minimum atomic E-state index is -0.791. The Hall–Kier alpha value is -1.55. The number of nitrogens with zero attached hydrogens (tertiary/aromatic N) is 2. The van der Waals surface area contributed by atoms with Crippen LogP contribution in [0.15, 0.2) is 24.3 Å². The summed E-state index contributed by atoms with van der Waals surface area (Å²) in [4.78, 5) is 22.0. The van der Waals surface area contributed by atoms with Gasteiger partial charge < -0.3 is 25.7 Å². The number of aliphatic hydroxyl groups is 2. The Balaban J connectivity index is 1.46. The van der Waals surface area contributed by atoms with Gasteiger partial charge in [-0.05, 0) is 68.2 Å². The topological polar surface area (TPSA) is 97.3 Å². The van der Waals surface area contributed by atoms with Crippen molar-refractivity contribution in [1.29, 1.82) is 0 Å². The van der Waals surface area contributed by atoms with Gasteiger partial charge in [-0.3, -0.25) is 9.63 Å². The lowest BCUT2D eigenvalue weighted by atomic mass is 9.45. The number of fused-ring (bicyclic) bond motifs is 2. The number of hydroxylamine groups is 2. The van der Waals surface area contributed by atoms with Gasteiger partial charge in [-0.15, -0.1) is 0 Å². The van der Waals surface area contributed by atoms with Crippen molar-refractivity contribution < 1.29 is 19.8 Å². The van der Waals surface area contributed by atoms with Crippen LogP contribution in [0.3, 0.4) is 0 Å². The first-order valence-corrected chi connectivity index (χ1v) is 14.0. The van der Waals surface area contributed by atoms with Gasteiger partial charge in [0, 0.05) is 31.6 Å². The van der Waals surface area contributed by atoms with Crippen LogP contribution in [0.25, 0.3) is 0 Å². The van der Waals surface area contributed by atoms with Crippen molar-refractivity contribution >= 4 is 5.91 Å². The summed E-state index contributed by atoms with van der Waals surface area (Å²) in [5.74, 6) is 1.06. The van der Waals surface area contributed by atoms with Crippen LogP contribution in [0.1, 0.15) is 51.7 Å². The van der Waals surface area contributed by atoms with Gasteiger partial charge in [-0.2, -0.15) is 5.06 Å². The monoisotopic (exact) mass is 516 g/mol. The van der Waals surface area contributed by atoms with Crippen molar-refractivity contribution in [3.63, 3.8) is 0 Å². The van der Waals surface area contributed by atoms with Gasteiger partial charge in [0.1, 0.15) is 12.1 Å². The zero-order valence-corrected chi connectivity index (χ0v) is 23.5. The lowest BCUT2D eigenvalue weighted by Crippen LogP contribution is -2.62. The molecule has 3 saturated carbocycles. The summed E-state index contributed by atoms with van der Waals surface area (Å²) in [6, 6.07) is 7.74. The number of amides is 1. The highest BCUT2D eigenvalue weighted by Crippen LogP contribution is 2.61. The van der Waals surface area contributed by atoms with E-state index >= 15 is 0 Å². The van der Waals surface area contributed by atoms with E-state index < -0.39 is 24.2 Å². The van der Waals surface area contributed by atoms with Crippen LogP contribution in [0.5, 0.6) is 0 Å². The predicted octanol–water partition coefficient (Wildman–Crippen LogP) is 2.00. The van der Waals surface area contributed by atoms with E-state index in [9.17, 15) is 15.0 Å².